The molecule has 2 aromatic rings. The third kappa shape index (κ3) is 3.92. The second-order valence-electron chi connectivity index (χ2n) is 3.89. The highest BCUT2D eigenvalue weighted by atomic mass is 16.5. The summed E-state index contributed by atoms with van der Waals surface area (Å²) in [7, 11) is 1.44. The Balaban J connectivity index is 2.05. The predicted molar refractivity (Wildman–Crippen MR) is 73.5 cm³/mol. The Morgan fingerprint density at radius 2 is 2.05 bits per heavy atom. The fourth-order valence-corrected chi connectivity index (χ4v) is 1.43. The first-order valence-corrected chi connectivity index (χ1v) is 5.81. The second kappa shape index (κ2) is 6.48. The fourth-order valence-electron chi connectivity index (χ4n) is 1.43. The number of carbonyl (C=O) groups is 1. The van der Waals surface area contributed by atoms with E-state index >= 15 is 0 Å². The normalized spacial score (nSPS) is 10.1. The monoisotopic (exact) mass is 274 g/mol. The van der Waals surface area contributed by atoms with Gasteiger partial charge < -0.3 is 20.5 Å². The number of nitrogens with zero attached hydrogens (tertiary/aromatic N) is 2. The highest BCUT2D eigenvalue weighted by molar-refractivity contribution is 5.90. The van der Waals surface area contributed by atoms with E-state index in [1.54, 1.807) is 24.3 Å². The maximum Gasteiger partial charge on any atom is 0.251 e. The van der Waals surface area contributed by atoms with Gasteiger partial charge in [0, 0.05) is 18.9 Å². The van der Waals surface area contributed by atoms with Crippen molar-refractivity contribution in [1.29, 1.82) is 0 Å². The minimum atomic E-state index is -0.301. The smallest absolute Gasteiger partial charge is 0.251 e. The number of methoxy groups -OCH3 is 1. The van der Waals surface area contributed by atoms with Crippen LogP contribution in [0.3, 0.4) is 0 Å². The zero-order valence-corrected chi connectivity index (χ0v) is 10.9. The zero-order chi connectivity index (χ0) is 14.4. The average molecular weight is 274 g/mol. The van der Waals surface area contributed by atoms with Crippen molar-refractivity contribution in [3.05, 3.63) is 36.7 Å². The predicted octanol–water partition coefficient (Wildman–Crippen LogP) is 1.44. The number of rotatable bonds is 5. The average Bonchev–Trinajstić information content (AvgIpc) is 2.42. The summed E-state index contributed by atoms with van der Waals surface area (Å²) in [5.74, 6) is 0.946. The van der Waals surface area contributed by atoms with Crippen molar-refractivity contribution in [3.63, 3.8) is 0 Å². The molecule has 1 amide bonds. The van der Waals surface area contributed by atoms with Gasteiger partial charge in [0.15, 0.2) is 0 Å². The van der Waals surface area contributed by atoms with Gasteiger partial charge >= 0.3 is 0 Å². The molecule has 0 bridgehead atoms. The number of benzene rings is 1. The van der Waals surface area contributed by atoms with Gasteiger partial charge in [0.25, 0.3) is 5.91 Å². The first-order chi connectivity index (χ1) is 9.67. The Labute approximate surface area is 115 Å². The molecule has 0 radical (unpaired) electrons. The standard InChI is InChI=1S/C13H14N4O3/c1-19-7-12(18)17-11-6-13(16-8-15-11)20-10-4-2-9(14)3-5-10/h2-6,8H,7,14H2,1H3,(H,15,16,17,18). The van der Waals surface area contributed by atoms with Gasteiger partial charge in [-0.1, -0.05) is 0 Å². The topological polar surface area (TPSA) is 99.4 Å². The summed E-state index contributed by atoms with van der Waals surface area (Å²) in [6.07, 6.45) is 1.30. The number of anilines is 2. The van der Waals surface area contributed by atoms with Crippen LogP contribution in [0.1, 0.15) is 0 Å². The Morgan fingerprint density at radius 3 is 2.75 bits per heavy atom. The van der Waals surface area contributed by atoms with E-state index in [4.69, 9.17) is 15.2 Å². The van der Waals surface area contributed by atoms with E-state index in [0.29, 0.717) is 23.1 Å². The fraction of sp³-hybridized carbons (Fsp3) is 0.154. The number of nitrogen functional groups attached to an aromatic ring is 1. The van der Waals surface area contributed by atoms with Gasteiger partial charge in [0.2, 0.25) is 5.88 Å². The quantitative estimate of drug-likeness (QED) is 0.800. The van der Waals surface area contributed by atoms with Gasteiger partial charge in [-0.05, 0) is 24.3 Å². The van der Waals surface area contributed by atoms with Crippen LogP contribution in [0.5, 0.6) is 11.6 Å². The van der Waals surface area contributed by atoms with Crippen molar-refractivity contribution < 1.29 is 14.3 Å². The van der Waals surface area contributed by atoms with Crippen molar-refractivity contribution in [2.75, 3.05) is 24.8 Å². The third-order valence-corrected chi connectivity index (χ3v) is 2.29. The molecule has 1 aromatic heterocycles. The summed E-state index contributed by atoms with van der Waals surface area (Å²) in [5.41, 5.74) is 6.23. The van der Waals surface area contributed by atoms with Crippen LogP contribution in [0, 0.1) is 0 Å². The molecular formula is C13H14N4O3. The van der Waals surface area contributed by atoms with Crippen molar-refractivity contribution in [2.45, 2.75) is 0 Å². The molecule has 3 N–H and O–H groups in total. The van der Waals surface area contributed by atoms with Gasteiger partial charge in [0.05, 0.1) is 0 Å². The van der Waals surface area contributed by atoms with Gasteiger partial charge in [-0.2, -0.15) is 0 Å². The molecule has 2 rings (SSSR count). The lowest BCUT2D eigenvalue weighted by molar-refractivity contribution is -0.119. The Hall–Kier alpha value is -2.67. The molecule has 1 aromatic carbocycles. The molecule has 7 nitrogen and oxygen atoms in total. The number of amides is 1. The van der Waals surface area contributed by atoms with E-state index in [9.17, 15) is 4.79 Å². The summed E-state index contributed by atoms with van der Waals surface area (Å²) < 4.78 is 10.2. The number of ether oxygens (including phenoxy) is 2. The van der Waals surface area contributed by atoms with Gasteiger partial charge in [-0.15, -0.1) is 0 Å². The SMILES string of the molecule is COCC(=O)Nc1cc(Oc2ccc(N)cc2)ncn1. The molecule has 0 saturated carbocycles. The van der Waals surface area contributed by atoms with Crippen LogP contribution in [-0.2, 0) is 9.53 Å². The minimum Gasteiger partial charge on any atom is -0.439 e. The van der Waals surface area contributed by atoms with Crippen molar-refractivity contribution >= 4 is 17.4 Å². The van der Waals surface area contributed by atoms with E-state index in [1.165, 1.54) is 19.5 Å². The van der Waals surface area contributed by atoms with Crippen LogP contribution >= 0.6 is 0 Å². The molecule has 0 atom stereocenters. The lowest BCUT2D eigenvalue weighted by atomic mass is 10.3. The van der Waals surface area contributed by atoms with E-state index in [-0.39, 0.29) is 12.5 Å². The Morgan fingerprint density at radius 1 is 1.30 bits per heavy atom. The van der Waals surface area contributed by atoms with E-state index in [0.717, 1.165) is 0 Å². The summed E-state index contributed by atoms with van der Waals surface area (Å²) >= 11 is 0. The van der Waals surface area contributed by atoms with Crippen LogP contribution in [0.2, 0.25) is 0 Å². The number of nitrogens with two attached hydrogens (primary N) is 1. The molecular weight excluding hydrogens is 260 g/mol. The molecule has 104 valence electrons. The van der Waals surface area contributed by atoms with E-state index in [2.05, 4.69) is 15.3 Å². The van der Waals surface area contributed by atoms with Gasteiger partial charge in [0.1, 0.15) is 24.5 Å². The van der Waals surface area contributed by atoms with Crippen molar-refractivity contribution in [3.8, 4) is 11.6 Å². The second-order valence-corrected chi connectivity index (χ2v) is 3.89. The van der Waals surface area contributed by atoms with Crippen molar-refractivity contribution in [1.82, 2.24) is 9.97 Å². The Kier molecular flexibility index (Phi) is 4.46. The number of aromatic nitrogens is 2. The molecule has 20 heavy (non-hydrogen) atoms. The largest absolute Gasteiger partial charge is 0.439 e. The maximum absolute atomic E-state index is 11.4. The first kappa shape index (κ1) is 13.8. The van der Waals surface area contributed by atoms with Gasteiger partial charge in [-0.3, -0.25) is 4.79 Å². The number of hydrogen-bond acceptors (Lipinski definition) is 6. The molecule has 1 heterocycles. The molecule has 0 aliphatic carbocycles. The molecule has 0 aliphatic rings. The number of carbonyl (C=O) groups excluding carboxylic acids is 1. The van der Waals surface area contributed by atoms with Crippen LogP contribution in [0.4, 0.5) is 11.5 Å². The molecule has 0 unspecified atom stereocenters. The van der Waals surface area contributed by atoms with Crippen LogP contribution < -0.4 is 15.8 Å². The minimum absolute atomic E-state index is 0.0435. The maximum atomic E-state index is 11.4. The molecule has 0 fully saturated rings. The summed E-state index contributed by atoms with van der Waals surface area (Å²) in [6, 6.07) is 8.40. The van der Waals surface area contributed by atoms with Gasteiger partial charge in [-0.25, -0.2) is 9.97 Å². The molecule has 7 heteroatoms. The lowest BCUT2D eigenvalue weighted by Gasteiger charge is -2.07. The molecule has 0 aliphatic heterocycles. The summed E-state index contributed by atoms with van der Waals surface area (Å²) in [5, 5.41) is 2.56. The first-order valence-electron chi connectivity index (χ1n) is 5.81. The highest BCUT2D eigenvalue weighted by Gasteiger charge is 2.05. The number of nitrogens with one attached hydrogen (secondary N) is 1. The van der Waals surface area contributed by atoms with Crippen molar-refractivity contribution in [2.24, 2.45) is 0 Å². The Bertz CT molecular complexity index is 586. The van der Waals surface area contributed by atoms with Crippen LogP contribution in [-0.4, -0.2) is 29.6 Å². The summed E-state index contributed by atoms with van der Waals surface area (Å²) in [4.78, 5) is 19.3. The zero-order valence-electron chi connectivity index (χ0n) is 10.9. The van der Waals surface area contributed by atoms with Crippen LogP contribution in [0.25, 0.3) is 0 Å². The number of hydrogen-bond donors (Lipinski definition) is 2. The van der Waals surface area contributed by atoms with E-state index < -0.39 is 0 Å². The third-order valence-electron chi connectivity index (χ3n) is 2.29. The lowest BCUT2D eigenvalue weighted by Crippen LogP contribution is -2.17. The molecule has 0 saturated heterocycles. The van der Waals surface area contributed by atoms with E-state index in [1.807, 2.05) is 0 Å². The highest BCUT2D eigenvalue weighted by Crippen LogP contribution is 2.21. The summed E-state index contributed by atoms with van der Waals surface area (Å²) in [6.45, 7) is -0.0435. The molecule has 0 spiro atoms. The van der Waals surface area contributed by atoms with Crippen LogP contribution in [0.15, 0.2) is 36.7 Å².